The quantitative estimate of drug-likeness (QED) is 0.273. The fourth-order valence-corrected chi connectivity index (χ4v) is 4.30. The summed E-state index contributed by atoms with van der Waals surface area (Å²) >= 11 is 13.2. The number of aromatic nitrogens is 2. The number of hydrogen-bond acceptors (Lipinski definition) is 2. The molecule has 5 aromatic rings. The summed E-state index contributed by atoms with van der Waals surface area (Å²) in [5.74, 6) is 0. The van der Waals surface area contributed by atoms with Gasteiger partial charge in [-0.1, -0.05) is 83.9 Å². The van der Waals surface area contributed by atoms with Crippen molar-refractivity contribution in [3.8, 4) is 44.8 Å². The number of hydrogen-bond donors (Lipinski definition) is 0. The summed E-state index contributed by atoms with van der Waals surface area (Å²) in [6, 6.07) is 32.1. The lowest BCUT2D eigenvalue weighted by molar-refractivity contribution is 1.33. The Balaban J connectivity index is 1.49. The lowest BCUT2D eigenvalue weighted by Gasteiger charge is -2.12. The number of halogens is 2. The van der Waals surface area contributed by atoms with Crippen LogP contribution in [-0.2, 0) is 0 Å². The molecule has 4 heteroatoms. The van der Waals surface area contributed by atoms with E-state index in [4.69, 9.17) is 23.2 Å². The molecule has 0 amide bonds. The van der Waals surface area contributed by atoms with E-state index in [2.05, 4.69) is 64.6 Å². The van der Waals surface area contributed by atoms with Gasteiger partial charge in [-0.2, -0.15) is 0 Å². The molecule has 2 aromatic heterocycles. The highest BCUT2D eigenvalue weighted by molar-refractivity contribution is 6.38. The number of pyridine rings is 2. The Morgan fingerprint density at radius 1 is 0.438 bits per heavy atom. The van der Waals surface area contributed by atoms with Gasteiger partial charge in [-0.05, 0) is 47.5 Å². The van der Waals surface area contributed by atoms with Crippen LogP contribution in [0.25, 0.3) is 44.8 Å². The van der Waals surface area contributed by atoms with Crippen molar-refractivity contribution in [3.63, 3.8) is 0 Å². The molecule has 0 saturated carbocycles. The highest BCUT2D eigenvalue weighted by atomic mass is 35.5. The van der Waals surface area contributed by atoms with Gasteiger partial charge in [0.25, 0.3) is 0 Å². The smallest absolute Gasteiger partial charge is 0.0701 e. The van der Waals surface area contributed by atoms with Crippen LogP contribution in [0.1, 0.15) is 0 Å². The van der Waals surface area contributed by atoms with Crippen molar-refractivity contribution in [2.75, 3.05) is 0 Å². The molecule has 32 heavy (non-hydrogen) atoms. The first-order chi connectivity index (χ1) is 15.7. The normalized spacial score (nSPS) is 10.8. The zero-order valence-electron chi connectivity index (χ0n) is 17.0. The molecule has 0 unspecified atom stereocenters. The van der Waals surface area contributed by atoms with E-state index >= 15 is 0 Å². The van der Waals surface area contributed by atoms with Gasteiger partial charge in [-0.25, -0.2) is 0 Å². The number of nitrogens with zero attached hydrogens (tertiary/aromatic N) is 2. The van der Waals surface area contributed by atoms with Crippen LogP contribution in [0, 0.1) is 0 Å². The van der Waals surface area contributed by atoms with E-state index in [1.807, 2.05) is 42.5 Å². The molecule has 0 saturated heterocycles. The molecule has 3 aromatic carbocycles. The molecule has 0 aliphatic rings. The van der Waals surface area contributed by atoms with Crippen molar-refractivity contribution < 1.29 is 0 Å². The van der Waals surface area contributed by atoms with Gasteiger partial charge in [0.15, 0.2) is 0 Å². The van der Waals surface area contributed by atoms with E-state index in [1.165, 1.54) is 0 Å². The van der Waals surface area contributed by atoms with Crippen molar-refractivity contribution >= 4 is 23.2 Å². The molecule has 0 N–H and O–H groups in total. The number of rotatable bonds is 4. The van der Waals surface area contributed by atoms with Crippen LogP contribution in [0.2, 0.25) is 10.0 Å². The summed E-state index contributed by atoms with van der Waals surface area (Å²) in [6.45, 7) is 0. The SMILES string of the molecule is Clc1cc(Cl)c(-c2ccc(-c3ccccn3)cc2)cc1-c1ccc(-c2ccccn2)cc1. The average Bonchev–Trinajstić information content (AvgIpc) is 2.86. The zero-order valence-corrected chi connectivity index (χ0v) is 18.6. The predicted octanol–water partition coefficient (Wildman–Crippen LogP) is 8.45. The first-order valence-corrected chi connectivity index (χ1v) is 11.0. The van der Waals surface area contributed by atoms with Gasteiger partial charge < -0.3 is 0 Å². The highest BCUT2D eigenvalue weighted by Crippen LogP contribution is 2.38. The van der Waals surface area contributed by atoms with Gasteiger partial charge in [0, 0.05) is 44.7 Å². The van der Waals surface area contributed by atoms with Crippen molar-refractivity contribution in [3.05, 3.63) is 120 Å². The molecule has 0 atom stereocenters. The third kappa shape index (κ3) is 4.16. The Bertz CT molecular complexity index is 1240. The Morgan fingerprint density at radius 3 is 1.22 bits per heavy atom. The van der Waals surface area contributed by atoms with Gasteiger partial charge in [0.05, 0.1) is 11.4 Å². The lowest BCUT2D eigenvalue weighted by Crippen LogP contribution is -1.87. The zero-order chi connectivity index (χ0) is 21.9. The minimum atomic E-state index is 0.620. The van der Waals surface area contributed by atoms with Gasteiger partial charge in [0.2, 0.25) is 0 Å². The maximum Gasteiger partial charge on any atom is 0.0701 e. The summed E-state index contributed by atoms with van der Waals surface area (Å²) in [4.78, 5) is 8.83. The van der Waals surface area contributed by atoms with E-state index in [-0.39, 0.29) is 0 Å². The molecule has 154 valence electrons. The third-order valence-corrected chi connectivity index (χ3v) is 6.00. The third-order valence-electron chi connectivity index (χ3n) is 5.37. The monoisotopic (exact) mass is 452 g/mol. The molecular weight excluding hydrogens is 435 g/mol. The first kappa shape index (κ1) is 20.4. The summed E-state index contributed by atoms with van der Waals surface area (Å²) < 4.78 is 0. The molecule has 0 aliphatic heterocycles. The van der Waals surface area contributed by atoms with Crippen molar-refractivity contribution in [2.45, 2.75) is 0 Å². The molecule has 2 heterocycles. The van der Waals surface area contributed by atoms with Crippen LogP contribution >= 0.6 is 23.2 Å². The Labute approximate surface area is 197 Å². The van der Waals surface area contributed by atoms with Gasteiger partial charge in [-0.15, -0.1) is 0 Å². The van der Waals surface area contributed by atoms with Crippen molar-refractivity contribution in [1.29, 1.82) is 0 Å². The minimum absolute atomic E-state index is 0.620. The van der Waals surface area contributed by atoms with E-state index in [0.717, 1.165) is 44.8 Å². The lowest BCUT2D eigenvalue weighted by atomic mass is 9.97. The predicted molar refractivity (Wildman–Crippen MR) is 134 cm³/mol. The second-order valence-corrected chi connectivity index (χ2v) is 8.21. The Kier molecular flexibility index (Phi) is 5.72. The second kappa shape index (κ2) is 8.96. The minimum Gasteiger partial charge on any atom is -0.256 e. The fraction of sp³-hybridized carbons (Fsp3) is 0. The van der Waals surface area contributed by atoms with Crippen LogP contribution < -0.4 is 0 Å². The largest absolute Gasteiger partial charge is 0.256 e. The summed E-state index contributed by atoms with van der Waals surface area (Å²) in [7, 11) is 0. The van der Waals surface area contributed by atoms with Crippen LogP contribution in [-0.4, -0.2) is 9.97 Å². The first-order valence-electron chi connectivity index (χ1n) is 10.2. The van der Waals surface area contributed by atoms with E-state index < -0.39 is 0 Å². The molecule has 0 radical (unpaired) electrons. The maximum atomic E-state index is 6.58. The second-order valence-electron chi connectivity index (χ2n) is 7.40. The Hall–Kier alpha value is -3.46. The summed E-state index contributed by atoms with van der Waals surface area (Å²) in [6.07, 6.45) is 3.59. The fourth-order valence-electron chi connectivity index (χ4n) is 3.70. The van der Waals surface area contributed by atoms with Crippen molar-refractivity contribution in [2.24, 2.45) is 0 Å². The van der Waals surface area contributed by atoms with Crippen molar-refractivity contribution in [1.82, 2.24) is 9.97 Å². The molecule has 0 spiro atoms. The van der Waals surface area contributed by atoms with Gasteiger partial charge >= 0.3 is 0 Å². The molecule has 0 aliphatic carbocycles. The number of benzene rings is 3. The van der Waals surface area contributed by atoms with E-state index in [9.17, 15) is 0 Å². The molecule has 2 nitrogen and oxygen atoms in total. The molecule has 0 fully saturated rings. The van der Waals surface area contributed by atoms with Crippen LogP contribution in [0.5, 0.6) is 0 Å². The van der Waals surface area contributed by atoms with E-state index in [1.54, 1.807) is 12.4 Å². The topological polar surface area (TPSA) is 25.8 Å². The molecule has 0 bridgehead atoms. The van der Waals surface area contributed by atoms with Crippen LogP contribution in [0.15, 0.2) is 109 Å². The standard InChI is InChI=1S/C28H18Cl2N2/c29-25-18-26(30)24(20-9-13-22(14-10-20)28-6-2-4-16-32-28)17-23(25)19-7-11-21(12-8-19)27-5-1-3-15-31-27/h1-18H. The summed E-state index contributed by atoms with van der Waals surface area (Å²) in [5.41, 5.74) is 7.93. The van der Waals surface area contributed by atoms with Crippen LogP contribution in [0.4, 0.5) is 0 Å². The Morgan fingerprint density at radius 2 is 0.844 bits per heavy atom. The molecular formula is C28H18Cl2N2. The highest BCUT2D eigenvalue weighted by Gasteiger charge is 2.12. The van der Waals surface area contributed by atoms with Gasteiger partial charge in [0.1, 0.15) is 0 Å². The van der Waals surface area contributed by atoms with Crippen LogP contribution in [0.3, 0.4) is 0 Å². The molecule has 5 rings (SSSR count). The van der Waals surface area contributed by atoms with E-state index in [0.29, 0.717) is 10.0 Å². The average molecular weight is 453 g/mol. The summed E-state index contributed by atoms with van der Waals surface area (Å²) in [5, 5.41) is 1.24. The maximum absolute atomic E-state index is 6.58. The van der Waals surface area contributed by atoms with Gasteiger partial charge in [-0.3, -0.25) is 9.97 Å².